The number of hydrogen-bond acceptors (Lipinski definition) is 5. The second kappa shape index (κ2) is 9.37. The van der Waals surface area contributed by atoms with Gasteiger partial charge in [-0.05, 0) is 35.4 Å². The molecule has 1 heterocycles. The zero-order valence-corrected chi connectivity index (χ0v) is 15.9. The third-order valence-electron chi connectivity index (χ3n) is 3.99. The van der Waals surface area contributed by atoms with Gasteiger partial charge in [-0.3, -0.25) is 14.5 Å². The van der Waals surface area contributed by atoms with E-state index in [2.05, 4.69) is 15.4 Å². The highest BCUT2D eigenvalue weighted by atomic mass is 32.2. The molecule has 29 heavy (non-hydrogen) atoms. The number of nitrogens with zero attached hydrogens (tertiary/aromatic N) is 1. The van der Waals surface area contributed by atoms with Crippen molar-refractivity contribution < 1.29 is 27.9 Å². The van der Waals surface area contributed by atoms with Crippen molar-refractivity contribution in [1.82, 2.24) is 10.2 Å². The van der Waals surface area contributed by atoms with E-state index in [4.69, 9.17) is 0 Å². The lowest BCUT2D eigenvalue weighted by Gasteiger charge is -2.13. The number of benzene rings is 2. The van der Waals surface area contributed by atoms with Crippen LogP contribution in [0.4, 0.5) is 24.1 Å². The molecule has 7 nitrogen and oxygen atoms in total. The van der Waals surface area contributed by atoms with E-state index in [1.165, 1.54) is 17.0 Å². The highest BCUT2D eigenvalue weighted by Crippen LogP contribution is 2.22. The van der Waals surface area contributed by atoms with E-state index in [-0.39, 0.29) is 35.7 Å². The SMILES string of the molecule is O=C(NCc1ccc(OC(F)F)cc1)Nc1ccc(CN2C(=O)CSC2=O)cc1. The summed E-state index contributed by atoms with van der Waals surface area (Å²) in [5.41, 5.74) is 2.03. The van der Waals surface area contributed by atoms with Crippen LogP contribution in [-0.2, 0) is 17.9 Å². The quantitative estimate of drug-likeness (QED) is 0.710. The highest BCUT2D eigenvalue weighted by molar-refractivity contribution is 8.14. The summed E-state index contributed by atoms with van der Waals surface area (Å²) in [4.78, 5) is 36.4. The molecule has 1 aliphatic rings. The molecule has 0 saturated carbocycles. The van der Waals surface area contributed by atoms with Crippen molar-refractivity contribution in [3.8, 4) is 5.75 Å². The number of amides is 4. The second-order valence-electron chi connectivity index (χ2n) is 6.06. The Bertz CT molecular complexity index is 875. The predicted molar refractivity (Wildman–Crippen MR) is 104 cm³/mol. The van der Waals surface area contributed by atoms with Crippen LogP contribution in [0.2, 0.25) is 0 Å². The molecule has 0 bridgehead atoms. The number of imide groups is 1. The molecule has 0 unspecified atom stereocenters. The summed E-state index contributed by atoms with van der Waals surface area (Å²) in [7, 11) is 0. The Morgan fingerprint density at radius 3 is 2.31 bits per heavy atom. The topological polar surface area (TPSA) is 87.7 Å². The minimum absolute atomic E-state index is 0.0456. The number of urea groups is 1. The van der Waals surface area contributed by atoms with E-state index in [9.17, 15) is 23.2 Å². The number of alkyl halides is 2. The maximum atomic E-state index is 12.1. The summed E-state index contributed by atoms with van der Waals surface area (Å²) >= 11 is 0.983. The number of ether oxygens (including phenoxy) is 1. The minimum atomic E-state index is -2.88. The van der Waals surface area contributed by atoms with Crippen LogP contribution in [-0.4, -0.2) is 34.4 Å². The van der Waals surface area contributed by atoms with Crippen LogP contribution in [0.1, 0.15) is 11.1 Å². The van der Waals surface area contributed by atoms with E-state index in [0.717, 1.165) is 22.9 Å². The number of hydrogen-bond donors (Lipinski definition) is 2. The summed E-state index contributed by atoms with van der Waals surface area (Å²) in [6.45, 7) is -2.48. The average molecular weight is 421 g/mol. The van der Waals surface area contributed by atoms with Crippen LogP contribution in [0.25, 0.3) is 0 Å². The summed E-state index contributed by atoms with van der Waals surface area (Å²) in [6, 6.07) is 12.3. The Hall–Kier alpha value is -3.14. The first-order chi connectivity index (χ1) is 13.9. The molecule has 0 atom stereocenters. The minimum Gasteiger partial charge on any atom is -0.435 e. The second-order valence-corrected chi connectivity index (χ2v) is 6.99. The normalized spacial score (nSPS) is 13.7. The number of anilines is 1. The first-order valence-electron chi connectivity index (χ1n) is 8.55. The van der Waals surface area contributed by atoms with Crippen LogP contribution < -0.4 is 15.4 Å². The smallest absolute Gasteiger partial charge is 0.387 e. The molecule has 0 aromatic heterocycles. The van der Waals surface area contributed by atoms with Gasteiger partial charge in [0.1, 0.15) is 5.75 Å². The zero-order valence-electron chi connectivity index (χ0n) is 15.1. The van der Waals surface area contributed by atoms with Gasteiger partial charge in [0.25, 0.3) is 5.24 Å². The predicted octanol–water partition coefficient (Wildman–Crippen LogP) is 3.81. The molecule has 1 aliphatic heterocycles. The Morgan fingerprint density at radius 1 is 1.07 bits per heavy atom. The van der Waals surface area contributed by atoms with Gasteiger partial charge in [-0.1, -0.05) is 36.0 Å². The van der Waals surface area contributed by atoms with Gasteiger partial charge in [-0.25, -0.2) is 4.79 Å². The average Bonchev–Trinajstić information content (AvgIpc) is 3.00. The molecule has 2 aromatic rings. The summed E-state index contributed by atoms with van der Waals surface area (Å²) in [6.07, 6.45) is 0. The molecule has 2 aromatic carbocycles. The number of carbonyl (C=O) groups excluding carboxylic acids is 3. The lowest BCUT2D eigenvalue weighted by molar-refractivity contribution is -0.125. The first-order valence-corrected chi connectivity index (χ1v) is 9.54. The van der Waals surface area contributed by atoms with E-state index in [0.29, 0.717) is 5.69 Å². The summed E-state index contributed by atoms with van der Waals surface area (Å²) in [5.74, 6) is 0.000235. The van der Waals surface area contributed by atoms with E-state index >= 15 is 0 Å². The van der Waals surface area contributed by atoms with E-state index < -0.39 is 12.6 Å². The van der Waals surface area contributed by atoms with Crippen molar-refractivity contribution in [1.29, 1.82) is 0 Å². The first kappa shape index (κ1) is 20.6. The number of rotatable bonds is 7. The molecule has 0 spiro atoms. The number of carbonyl (C=O) groups is 3. The Kier molecular flexibility index (Phi) is 6.65. The van der Waals surface area contributed by atoms with Crippen molar-refractivity contribution in [3.63, 3.8) is 0 Å². The van der Waals surface area contributed by atoms with Crippen molar-refractivity contribution in [2.45, 2.75) is 19.7 Å². The highest BCUT2D eigenvalue weighted by Gasteiger charge is 2.29. The van der Waals surface area contributed by atoms with Gasteiger partial charge >= 0.3 is 12.6 Å². The molecular weight excluding hydrogens is 404 g/mol. The van der Waals surface area contributed by atoms with Crippen LogP contribution in [0.3, 0.4) is 0 Å². The molecular formula is C19H17F2N3O4S. The molecule has 4 amide bonds. The van der Waals surface area contributed by atoms with Gasteiger partial charge < -0.3 is 15.4 Å². The molecule has 1 saturated heterocycles. The van der Waals surface area contributed by atoms with Crippen LogP contribution >= 0.6 is 11.8 Å². The van der Waals surface area contributed by atoms with Crippen LogP contribution in [0, 0.1) is 0 Å². The molecule has 1 fully saturated rings. The van der Waals surface area contributed by atoms with Crippen molar-refractivity contribution >= 4 is 34.6 Å². The molecule has 152 valence electrons. The lowest BCUT2D eigenvalue weighted by atomic mass is 10.2. The van der Waals surface area contributed by atoms with Crippen molar-refractivity contribution in [3.05, 3.63) is 59.7 Å². The number of nitrogens with one attached hydrogen (secondary N) is 2. The summed E-state index contributed by atoms with van der Waals surface area (Å²) in [5, 5.41) is 5.06. The zero-order chi connectivity index (χ0) is 20.8. The van der Waals surface area contributed by atoms with Crippen molar-refractivity contribution in [2.75, 3.05) is 11.1 Å². The molecule has 3 rings (SSSR count). The molecule has 0 aliphatic carbocycles. The maximum absolute atomic E-state index is 12.1. The molecule has 2 N–H and O–H groups in total. The standard InChI is InChI=1S/C19H17F2N3O4S/c20-17(21)28-15-7-3-12(4-8-15)9-22-18(26)23-14-5-1-13(2-6-14)10-24-16(25)11-29-19(24)27/h1-8,17H,9-11H2,(H2,22,23,26). The third-order valence-corrected chi connectivity index (χ3v) is 4.85. The fourth-order valence-electron chi connectivity index (χ4n) is 2.56. The fraction of sp³-hybridized carbons (Fsp3) is 0.211. The van der Waals surface area contributed by atoms with Gasteiger partial charge in [0.15, 0.2) is 0 Å². The third kappa shape index (κ3) is 5.92. The van der Waals surface area contributed by atoms with E-state index in [1.807, 2.05) is 0 Å². The van der Waals surface area contributed by atoms with Crippen molar-refractivity contribution in [2.24, 2.45) is 0 Å². The van der Waals surface area contributed by atoms with Crippen LogP contribution in [0.5, 0.6) is 5.75 Å². The van der Waals surface area contributed by atoms with E-state index in [1.54, 1.807) is 36.4 Å². The summed E-state index contributed by atoms with van der Waals surface area (Å²) < 4.78 is 28.5. The van der Waals surface area contributed by atoms with Gasteiger partial charge in [0, 0.05) is 12.2 Å². The molecule has 10 heteroatoms. The Balaban J connectivity index is 1.46. The van der Waals surface area contributed by atoms with Gasteiger partial charge in [-0.2, -0.15) is 8.78 Å². The fourth-order valence-corrected chi connectivity index (χ4v) is 3.28. The molecule has 0 radical (unpaired) electrons. The van der Waals surface area contributed by atoms with Gasteiger partial charge in [-0.15, -0.1) is 0 Å². The number of halogens is 2. The van der Waals surface area contributed by atoms with Crippen LogP contribution in [0.15, 0.2) is 48.5 Å². The lowest BCUT2D eigenvalue weighted by Crippen LogP contribution is -2.28. The maximum Gasteiger partial charge on any atom is 0.387 e. The van der Waals surface area contributed by atoms with Gasteiger partial charge in [0.2, 0.25) is 5.91 Å². The monoisotopic (exact) mass is 421 g/mol. The van der Waals surface area contributed by atoms with Gasteiger partial charge in [0.05, 0.1) is 12.3 Å². The largest absolute Gasteiger partial charge is 0.435 e. The Labute approximate surface area is 169 Å². The Morgan fingerprint density at radius 2 is 1.72 bits per heavy atom. The number of thioether (sulfide) groups is 1.